The smallest absolute Gasteiger partial charge is 0.253 e. The summed E-state index contributed by atoms with van der Waals surface area (Å²) in [4.78, 5) is 23.0. The molecule has 1 atom stereocenters. The Morgan fingerprint density at radius 2 is 1.70 bits per heavy atom. The summed E-state index contributed by atoms with van der Waals surface area (Å²) in [6.45, 7) is 4.02. The Bertz CT molecular complexity index is 1840. The van der Waals surface area contributed by atoms with Crippen molar-refractivity contribution in [3.05, 3.63) is 95.9 Å². The molecule has 3 heterocycles. The molecule has 11 nitrogen and oxygen atoms in total. The zero-order valence-corrected chi connectivity index (χ0v) is 29.6. The highest BCUT2D eigenvalue weighted by molar-refractivity contribution is 5.95. The van der Waals surface area contributed by atoms with E-state index in [9.17, 15) is 4.79 Å². The monoisotopic (exact) mass is 681 g/mol. The van der Waals surface area contributed by atoms with Gasteiger partial charge in [-0.1, -0.05) is 24.3 Å². The molecule has 0 spiro atoms. The van der Waals surface area contributed by atoms with Gasteiger partial charge in [-0.2, -0.15) is 0 Å². The van der Waals surface area contributed by atoms with E-state index >= 15 is 0 Å². The number of furan rings is 1. The van der Waals surface area contributed by atoms with E-state index in [2.05, 4.69) is 39.0 Å². The number of methoxy groups -OCH3 is 4. The van der Waals surface area contributed by atoms with Crippen LogP contribution in [0.4, 0.5) is 5.95 Å². The molecule has 50 heavy (non-hydrogen) atoms. The van der Waals surface area contributed by atoms with Crippen molar-refractivity contribution in [2.45, 2.75) is 37.8 Å². The molecule has 0 saturated carbocycles. The molecule has 11 heteroatoms. The number of hydrogen-bond donors (Lipinski definition) is 1. The van der Waals surface area contributed by atoms with E-state index in [0.717, 1.165) is 73.0 Å². The SMILES string of the molecule is COc1cccc(C(CCN2CCC(Nc3nc4ccccc4n3Cc3ccco3)CC2)CN(C)C(=O)c2cc(OC)c(OC)c(OC)c2)c1. The first-order chi connectivity index (χ1) is 24.4. The highest BCUT2D eigenvalue weighted by Crippen LogP contribution is 2.38. The second-order valence-corrected chi connectivity index (χ2v) is 12.7. The maximum absolute atomic E-state index is 13.8. The lowest BCUT2D eigenvalue weighted by Crippen LogP contribution is -2.40. The first kappa shape index (κ1) is 34.7. The Kier molecular flexibility index (Phi) is 11.1. The molecule has 1 fully saturated rings. The summed E-state index contributed by atoms with van der Waals surface area (Å²) in [6.07, 6.45) is 4.61. The van der Waals surface area contributed by atoms with Crippen molar-refractivity contribution in [3.8, 4) is 23.0 Å². The molecule has 1 saturated heterocycles. The first-order valence-electron chi connectivity index (χ1n) is 17.1. The van der Waals surface area contributed by atoms with Crippen molar-refractivity contribution >= 4 is 22.9 Å². The number of benzene rings is 3. The second-order valence-electron chi connectivity index (χ2n) is 12.7. The summed E-state index contributed by atoms with van der Waals surface area (Å²) in [5, 5.41) is 3.75. The molecule has 6 rings (SSSR count). The fourth-order valence-corrected chi connectivity index (χ4v) is 6.82. The van der Waals surface area contributed by atoms with E-state index in [1.165, 1.54) is 0 Å². The predicted molar refractivity (Wildman–Crippen MR) is 194 cm³/mol. The molecule has 1 N–H and O–H groups in total. The Hall–Kier alpha value is -5.16. The molecule has 1 aliphatic heterocycles. The van der Waals surface area contributed by atoms with E-state index < -0.39 is 0 Å². The van der Waals surface area contributed by atoms with Crippen LogP contribution in [0.25, 0.3) is 11.0 Å². The largest absolute Gasteiger partial charge is 0.497 e. The van der Waals surface area contributed by atoms with Gasteiger partial charge in [0, 0.05) is 44.2 Å². The van der Waals surface area contributed by atoms with Gasteiger partial charge in [0.15, 0.2) is 11.5 Å². The molecule has 264 valence electrons. The number of likely N-dealkylation sites (N-methyl/N-ethyl adjacent to an activating group) is 1. The van der Waals surface area contributed by atoms with Crippen molar-refractivity contribution < 1.29 is 28.2 Å². The zero-order valence-electron chi connectivity index (χ0n) is 29.6. The number of nitrogens with zero attached hydrogens (tertiary/aromatic N) is 4. The number of fused-ring (bicyclic) bond motifs is 1. The van der Waals surface area contributed by atoms with E-state index in [-0.39, 0.29) is 11.8 Å². The maximum Gasteiger partial charge on any atom is 0.253 e. The number of ether oxygens (including phenoxy) is 4. The standard InChI is InChI=1S/C39H47N5O6/c1-42(38(45)29-23-35(47-3)37(49-5)36(24-29)48-4)25-28(27-10-8-11-31(22-27)46-2)15-18-43-19-16-30(17-20-43)40-39-41-33-13-6-7-14-34(33)44(39)26-32-12-9-21-50-32/h6-14,21-24,28,30H,15-20,25-26H2,1-5H3,(H,40,41). The maximum atomic E-state index is 13.8. The number of aromatic nitrogens is 2. The van der Waals surface area contributed by atoms with E-state index in [1.54, 1.807) is 51.7 Å². The van der Waals surface area contributed by atoms with Crippen LogP contribution < -0.4 is 24.3 Å². The molecule has 5 aromatic rings. The number of anilines is 1. The van der Waals surface area contributed by atoms with Gasteiger partial charge in [0.25, 0.3) is 5.91 Å². The molecule has 0 bridgehead atoms. The number of rotatable bonds is 15. The van der Waals surface area contributed by atoms with Crippen molar-refractivity contribution in [3.63, 3.8) is 0 Å². The average molecular weight is 682 g/mol. The fourth-order valence-electron chi connectivity index (χ4n) is 6.82. The average Bonchev–Trinajstić information content (AvgIpc) is 3.80. The first-order valence-corrected chi connectivity index (χ1v) is 17.1. The van der Waals surface area contributed by atoms with Gasteiger partial charge < -0.3 is 43.0 Å². The van der Waals surface area contributed by atoms with E-state index in [4.69, 9.17) is 28.3 Å². The summed E-state index contributed by atoms with van der Waals surface area (Å²) >= 11 is 0. The Balaban J connectivity index is 1.11. The number of piperidine rings is 1. The number of nitrogens with one attached hydrogen (secondary N) is 1. The number of carbonyl (C=O) groups excluding carboxylic acids is 1. The van der Waals surface area contributed by atoms with Crippen LogP contribution in [0.15, 0.2) is 83.5 Å². The third kappa shape index (κ3) is 7.83. The number of imidazole rings is 1. The topological polar surface area (TPSA) is 103 Å². The zero-order chi connectivity index (χ0) is 35.0. The fraction of sp³-hybridized carbons (Fsp3) is 0.385. The molecule has 2 aromatic heterocycles. The van der Waals surface area contributed by atoms with Crippen LogP contribution >= 0.6 is 0 Å². The van der Waals surface area contributed by atoms with Gasteiger partial charge in [0.05, 0.1) is 52.3 Å². The number of amides is 1. The van der Waals surface area contributed by atoms with Crippen LogP contribution in [0, 0.1) is 0 Å². The van der Waals surface area contributed by atoms with E-state index in [1.807, 2.05) is 43.4 Å². The molecular formula is C39H47N5O6. The molecule has 3 aromatic carbocycles. The van der Waals surface area contributed by atoms with Crippen molar-refractivity contribution in [2.75, 3.05) is 67.0 Å². The van der Waals surface area contributed by atoms with Crippen molar-refractivity contribution in [2.24, 2.45) is 0 Å². The van der Waals surface area contributed by atoms with Gasteiger partial charge in [-0.25, -0.2) is 4.98 Å². The van der Waals surface area contributed by atoms with Gasteiger partial charge in [-0.3, -0.25) is 4.79 Å². The normalized spacial score (nSPS) is 14.3. The summed E-state index contributed by atoms with van der Waals surface area (Å²) < 4.78 is 29.9. The number of hydrogen-bond acceptors (Lipinski definition) is 9. The second kappa shape index (κ2) is 16.0. The molecule has 0 radical (unpaired) electrons. The third-order valence-electron chi connectivity index (χ3n) is 9.58. The van der Waals surface area contributed by atoms with Gasteiger partial charge in [-0.05, 0) is 79.9 Å². The number of carbonyl (C=O) groups is 1. The molecular weight excluding hydrogens is 634 g/mol. The lowest BCUT2D eigenvalue weighted by atomic mass is 9.93. The van der Waals surface area contributed by atoms with Crippen LogP contribution in [-0.2, 0) is 6.54 Å². The van der Waals surface area contributed by atoms with Crippen LogP contribution in [0.5, 0.6) is 23.0 Å². The van der Waals surface area contributed by atoms with E-state index in [0.29, 0.717) is 41.9 Å². The molecule has 1 unspecified atom stereocenters. The lowest BCUT2D eigenvalue weighted by Gasteiger charge is -2.34. The van der Waals surface area contributed by atoms with Crippen molar-refractivity contribution in [1.29, 1.82) is 0 Å². The third-order valence-corrected chi connectivity index (χ3v) is 9.58. The van der Waals surface area contributed by atoms with Crippen LogP contribution in [0.2, 0.25) is 0 Å². The minimum absolute atomic E-state index is 0.0958. The van der Waals surface area contributed by atoms with Crippen LogP contribution in [0.3, 0.4) is 0 Å². The van der Waals surface area contributed by atoms with Gasteiger partial charge in [0.2, 0.25) is 11.7 Å². The number of para-hydroxylation sites is 2. The van der Waals surface area contributed by atoms with Gasteiger partial charge in [0.1, 0.15) is 11.5 Å². The molecule has 0 aliphatic carbocycles. The minimum atomic E-state index is -0.123. The van der Waals surface area contributed by atoms with Gasteiger partial charge >= 0.3 is 0 Å². The number of likely N-dealkylation sites (tertiary alicyclic amines) is 1. The Labute approximate surface area is 293 Å². The lowest BCUT2D eigenvalue weighted by molar-refractivity contribution is 0.0781. The summed E-state index contributed by atoms with van der Waals surface area (Å²) in [6, 6.07) is 24.0. The quantitative estimate of drug-likeness (QED) is 0.132. The minimum Gasteiger partial charge on any atom is -0.497 e. The predicted octanol–water partition coefficient (Wildman–Crippen LogP) is 6.53. The summed E-state index contributed by atoms with van der Waals surface area (Å²) in [5.74, 6) is 3.89. The Morgan fingerprint density at radius 3 is 2.38 bits per heavy atom. The summed E-state index contributed by atoms with van der Waals surface area (Å²) in [5.41, 5.74) is 3.66. The van der Waals surface area contributed by atoms with Crippen LogP contribution in [-0.4, -0.2) is 93.0 Å². The van der Waals surface area contributed by atoms with Crippen molar-refractivity contribution in [1.82, 2.24) is 19.4 Å². The Morgan fingerprint density at radius 1 is 0.940 bits per heavy atom. The molecule has 1 amide bonds. The van der Waals surface area contributed by atoms with Gasteiger partial charge in [-0.15, -0.1) is 0 Å². The summed E-state index contributed by atoms with van der Waals surface area (Å²) in [7, 11) is 8.17. The highest BCUT2D eigenvalue weighted by atomic mass is 16.5. The molecule has 1 aliphatic rings. The highest BCUT2D eigenvalue weighted by Gasteiger charge is 2.26. The van der Waals surface area contributed by atoms with Crippen LogP contribution in [0.1, 0.15) is 46.9 Å².